The minimum atomic E-state index is -1.20. The van der Waals surface area contributed by atoms with Crippen molar-refractivity contribution in [1.82, 2.24) is 0 Å². The van der Waals surface area contributed by atoms with Gasteiger partial charge in [-0.15, -0.1) is 0 Å². The van der Waals surface area contributed by atoms with Crippen molar-refractivity contribution in [2.75, 3.05) is 11.1 Å². The molecule has 0 aliphatic heterocycles. The molecule has 2 aromatic carbocycles. The quantitative estimate of drug-likeness (QED) is 0.834. The lowest BCUT2D eigenvalue weighted by Crippen LogP contribution is -2.17. The SMILES string of the molecule is Nc1ccc(F)c(F)c1NC(=O)Cc1ccc(Cl)c(Cl)c1. The Bertz CT molecular complexity index is 708. The Morgan fingerprint density at radius 2 is 1.86 bits per heavy atom. The molecule has 1 amide bonds. The third-order valence-corrected chi connectivity index (χ3v) is 3.48. The van der Waals surface area contributed by atoms with E-state index in [-0.39, 0.29) is 17.8 Å². The van der Waals surface area contributed by atoms with E-state index in [1.165, 1.54) is 12.1 Å². The fraction of sp³-hybridized carbons (Fsp3) is 0.0714. The van der Waals surface area contributed by atoms with E-state index in [2.05, 4.69) is 5.32 Å². The van der Waals surface area contributed by atoms with E-state index in [1.807, 2.05) is 0 Å². The highest BCUT2D eigenvalue weighted by Gasteiger charge is 2.15. The van der Waals surface area contributed by atoms with Crippen LogP contribution in [-0.4, -0.2) is 5.91 Å². The van der Waals surface area contributed by atoms with Gasteiger partial charge in [0, 0.05) is 0 Å². The van der Waals surface area contributed by atoms with Crippen LogP contribution in [0.2, 0.25) is 10.0 Å². The smallest absolute Gasteiger partial charge is 0.228 e. The third-order valence-electron chi connectivity index (χ3n) is 2.74. The van der Waals surface area contributed by atoms with Gasteiger partial charge in [-0.1, -0.05) is 29.3 Å². The molecule has 110 valence electrons. The molecule has 3 N–H and O–H groups in total. The van der Waals surface area contributed by atoms with Gasteiger partial charge in [0.2, 0.25) is 5.91 Å². The Balaban J connectivity index is 2.15. The van der Waals surface area contributed by atoms with Gasteiger partial charge in [0.1, 0.15) is 5.69 Å². The maximum atomic E-state index is 13.6. The van der Waals surface area contributed by atoms with Crippen LogP contribution >= 0.6 is 23.2 Å². The van der Waals surface area contributed by atoms with Gasteiger partial charge in [-0.05, 0) is 29.8 Å². The molecule has 3 nitrogen and oxygen atoms in total. The van der Waals surface area contributed by atoms with Crippen molar-refractivity contribution >= 4 is 40.5 Å². The predicted octanol–water partition coefficient (Wildman–Crippen LogP) is 4.04. The lowest BCUT2D eigenvalue weighted by Gasteiger charge is -2.10. The number of nitrogens with two attached hydrogens (primary N) is 1. The Labute approximate surface area is 129 Å². The Morgan fingerprint density at radius 1 is 1.14 bits per heavy atom. The molecule has 21 heavy (non-hydrogen) atoms. The number of anilines is 2. The summed E-state index contributed by atoms with van der Waals surface area (Å²) in [6, 6.07) is 6.74. The lowest BCUT2D eigenvalue weighted by molar-refractivity contribution is -0.115. The Kier molecular flexibility index (Phi) is 4.65. The van der Waals surface area contributed by atoms with Gasteiger partial charge in [0.15, 0.2) is 11.6 Å². The molecule has 2 rings (SSSR count). The van der Waals surface area contributed by atoms with Crippen LogP contribution in [0, 0.1) is 11.6 Å². The molecule has 0 heterocycles. The zero-order valence-corrected chi connectivity index (χ0v) is 12.1. The van der Waals surface area contributed by atoms with Crippen LogP contribution in [0.4, 0.5) is 20.2 Å². The fourth-order valence-electron chi connectivity index (χ4n) is 1.71. The summed E-state index contributed by atoms with van der Waals surface area (Å²) in [4.78, 5) is 11.9. The van der Waals surface area contributed by atoms with Crippen LogP contribution in [0.1, 0.15) is 5.56 Å². The van der Waals surface area contributed by atoms with E-state index < -0.39 is 17.5 Å². The average molecular weight is 331 g/mol. The largest absolute Gasteiger partial charge is 0.397 e. The first-order valence-corrected chi connectivity index (χ1v) is 6.61. The van der Waals surface area contributed by atoms with Crippen molar-refractivity contribution in [2.24, 2.45) is 0 Å². The first-order valence-electron chi connectivity index (χ1n) is 5.85. The number of hydrogen-bond acceptors (Lipinski definition) is 2. The molecule has 0 bridgehead atoms. The molecular weight excluding hydrogens is 321 g/mol. The summed E-state index contributed by atoms with van der Waals surface area (Å²) in [5.74, 6) is -2.84. The van der Waals surface area contributed by atoms with Gasteiger partial charge in [-0.2, -0.15) is 0 Å². The maximum Gasteiger partial charge on any atom is 0.228 e. The van der Waals surface area contributed by atoms with E-state index in [4.69, 9.17) is 28.9 Å². The Hall–Kier alpha value is -1.85. The number of nitrogens with one attached hydrogen (secondary N) is 1. The van der Waals surface area contributed by atoms with Gasteiger partial charge in [0.05, 0.1) is 22.2 Å². The Morgan fingerprint density at radius 3 is 2.52 bits per heavy atom. The lowest BCUT2D eigenvalue weighted by atomic mass is 10.1. The fourth-order valence-corrected chi connectivity index (χ4v) is 2.03. The van der Waals surface area contributed by atoms with Gasteiger partial charge in [0.25, 0.3) is 0 Å². The summed E-state index contributed by atoms with van der Waals surface area (Å²) >= 11 is 11.6. The topological polar surface area (TPSA) is 55.1 Å². The molecule has 0 atom stereocenters. The highest BCUT2D eigenvalue weighted by atomic mass is 35.5. The van der Waals surface area contributed by atoms with Crippen molar-refractivity contribution in [3.8, 4) is 0 Å². The van der Waals surface area contributed by atoms with Crippen molar-refractivity contribution in [3.63, 3.8) is 0 Å². The summed E-state index contributed by atoms with van der Waals surface area (Å²) in [5.41, 5.74) is 5.66. The van der Waals surface area contributed by atoms with E-state index in [1.54, 1.807) is 12.1 Å². The molecule has 7 heteroatoms. The summed E-state index contributed by atoms with van der Waals surface area (Å²) in [6.07, 6.45) is -0.0771. The monoisotopic (exact) mass is 330 g/mol. The van der Waals surface area contributed by atoms with E-state index in [0.29, 0.717) is 15.6 Å². The second kappa shape index (κ2) is 6.28. The summed E-state index contributed by atoms with van der Waals surface area (Å²) in [7, 11) is 0. The minimum absolute atomic E-state index is 0.0589. The zero-order valence-electron chi connectivity index (χ0n) is 10.6. The molecule has 2 aromatic rings. The number of benzene rings is 2. The van der Waals surface area contributed by atoms with Gasteiger partial charge < -0.3 is 11.1 Å². The number of hydrogen-bond donors (Lipinski definition) is 2. The summed E-state index contributed by atoms with van der Waals surface area (Å²) in [6.45, 7) is 0. The molecule has 0 saturated heterocycles. The first-order chi connectivity index (χ1) is 9.88. The standard InChI is InChI=1S/C14H10Cl2F2N2O/c15-8-2-1-7(5-9(8)16)6-12(21)20-14-11(19)4-3-10(17)13(14)18/h1-5H,6,19H2,(H,20,21). The van der Waals surface area contributed by atoms with Crippen molar-refractivity contribution in [1.29, 1.82) is 0 Å². The molecule has 0 spiro atoms. The minimum Gasteiger partial charge on any atom is -0.397 e. The van der Waals surface area contributed by atoms with Gasteiger partial charge >= 0.3 is 0 Å². The molecule has 0 fully saturated rings. The second-order valence-electron chi connectivity index (χ2n) is 4.30. The molecular formula is C14H10Cl2F2N2O. The number of halogens is 4. The molecule has 0 unspecified atom stereocenters. The van der Waals surface area contributed by atoms with E-state index in [0.717, 1.165) is 6.07 Å². The van der Waals surface area contributed by atoms with Crippen LogP contribution in [0.15, 0.2) is 30.3 Å². The normalized spacial score (nSPS) is 10.5. The zero-order chi connectivity index (χ0) is 15.6. The third kappa shape index (κ3) is 3.62. The van der Waals surface area contributed by atoms with Crippen molar-refractivity contribution in [2.45, 2.75) is 6.42 Å². The van der Waals surface area contributed by atoms with Crippen molar-refractivity contribution in [3.05, 3.63) is 57.6 Å². The number of nitrogen functional groups attached to an aromatic ring is 1. The van der Waals surface area contributed by atoms with Crippen LogP contribution in [0.5, 0.6) is 0 Å². The van der Waals surface area contributed by atoms with Crippen LogP contribution in [0.25, 0.3) is 0 Å². The highest BCUT2D eigenvalue weighted by Crippen LogP contribution is 2.26. The van der Waals surface area contributed by atoms with Crippen LogP contribution in [0.3, 0.4) is 0 Å². The molecule has 0 aliphatic rings. The molecule has 0 saturated carbocycles. The average Bonchev–Trinajstić information content (AvgIpc) is 2.43. The number of amides is 1. The number of rotatable bonds is 3. The van der Waals surface area contributed by atoms with Crippen molar-refractivity contribution < 1.29 is 13.6 Å². The summed E-state index contributed by atoms with van der Waals surface area (Å²) in [5, 5.41) is 2.91. The second-order valence-corrected chi connectivity index (χ2v) is 5.11. The number of carbonyl (C=O) groups is 1. The first kappa shape index (κ1) is 15.5. The van der Waals surface area contributed by atoms with Gasteiger partial charge in [-0.25, -0.2) is 8.78 Å². The predicted molar refractivity (Wildman–Crippen MR) is 79.6 cm³/mol. The molecule has 0 aliphatic carbocycles. The number of carbonyl (C=O) groups excluding carboxylic acids is 1. The van der Waals surface area contributed by atoms with Crippen LogP contribution in [-0.2, 0) is 11.2 Å². The molecule has 0 aromatic heterocycles. The van der Waals surface area contributed by atoms with E-state index in [9.17, 15) is 13.6 Å². The summed E-state index contributed by atoms with van der Waals surface area (Å²) < 4.78 is 26.7. The highest BCUT2D eigenvalue weighted by molar-refractivity contribution is 6.42. The molecule has 0 radical (unpaired) electrons. The van der Waals surface area contributed by atoms with Gasteiger partial charge in [-0.3, -0.25) is 4.79 Å². The maximum absolute atomic E-state index is 13.6. The van der Waals surface area contributed by atoms with E-state index >= 15 is 0 Å². The van der Waals surface area contributed by atoms with Crippen LogP contribution < -0.4 is 11.1 Å².